The molecule has 0 spiro atoms. The average molecular weight is 287 g/mol. The van der Waals surface area contributed by atoms with Crippen LogP contribution in [0.5, 0.6) is 0 Å². The number of hydrogen-bond donors (Lipinski definition) is 4. The maximum absolute atomic E-state index is 11.5. The van der Waals surface area contributed by atoms with E-state index < -0.39 is 5.97 Å². The van der Waals surface area contributed by atoms with Crippen molar-refractivity contribution in [2.24, 2.45) is 5.92 Å². The molecule has 0 heterocycles. The van der Waals surface area contributed by atoms with Gasteiger partial charge in [-0.1, -0.05) is 13.3 Å². The molecule has 116 valence electrons. The Morgan fingerprint density at radius 3 is 2.30 bits per heavy atom. The first-order valence-electron chi connectivity index (χ1n) is 6.88. The molecule has 0 radical (unpaired) electrons. The van der Waals surface area contributed by atoms with E-state index in [0.717, 1.165) is 0 Å². The minimum atomic E-state index is -0.871. The van der Waals surface area contributed by atoms with Gasteiger partial charge in [0.05, 0.1) is 0 Å². The maximum Gasteiger partial charge on any atom is 0.314 e. The van der Waals surface area contributed by atoms with Crippen LogP contribution in [-0.2, 0) is 9.59 Å². The normalized spacial score (nSPS) is 11.8. The zero-order valence-corrected chi connectivity index (χ0v) is 12.4. The summed E-state index contributed by atoms with van der Waals surface area (Å²) in [5.74, 6) is -1.07. The summed E-state index contributed by atoms with van der Waals surface area (Å²) in [4.78, 5) is 33.3. The predicted molar refractivity (Wildman–Crippen MR) is 75.3 cm³/mol. The molecule has 0 fully saturated rings. The number of hydrogen-bond acceptors (Lipinski definition) is 3. The molecule has 0 aromatic heterocycles. The number of carbonyl (C=O) groups excluding carboxylic acids is 2. The van der Waals surface area contributed by atoms with Gasteiger partial charge in [-0.05, 0) is 19.8 Å². The summed E-state index contributed by atoms with van der Waals surface area (Å²) in [6, 6.07) is -0.302. The van der Waals surface area contributed by atoms with Crippen LogP contribution in [0.2, 0.25) is 0 Å². The van der Waals surface area contributed by atoms with Crippen molar-refractivity contribution in [2.45, 2.75) is 46.1 Å². The van der Waals surface area contributed by atoms with Gasteiger partial charge in [-0.25, -0.2) is 4.79 Å². The largest absolute Gasteiger partial charge is 0.481 e. The number of carbonyl (C=O) groups is 3. The summed E-state index contributed by atoms with van der Waals surface area (Å²) in [5, 5.41) is 16.6. The Kier molecular flexibility index (Phi) is 9.15. The van der Waals surface area contributed by atoms with Gasteiger partial charge in [0.25, 0.3) is 0 Å². The monoisotopic (exact) mass is 287 g/mol. The van der Waals surface area contributed by atoms with Crippen LogP contribution in [-0.4, -0.2) is 42.1 Å². The minimum absolute atomic E-state index is 0.0353. The number of aliphatic carboxylic acids is 1. The van der Waals surface area contributed by atoms with E-state index in [-0.39, 0.29) is 43.3 Å². The second kappa shape index (κ2) is 10.1. The third-order valence-electron chi connectivity index (χ3n) is 2.68. The van der Waals surface area contributed by atoms with E-state index in [4.69, 9.17) is 5.11 Å². The third-order valence-corrected chi connectivity index (χ3v) is 2.68. The number of carboxylic acids is 1. The summed E-state index contributed by atoms with van der Waals surface area (Å²) in [5.41, 5.74) is 0. The molecule has 7 nitrogen and oxygen atoms in total. The molecule has 0 aliphatic carbocycles. The van der Waals surface area contributed by atoms with Crippen LogP contribution >= 0.6 is 0 Å². The van der Waals surface area contributed by atoms with Gasteiger partial charge in [0, 0.05) is 32.0 Å². The molecule has 0 bridgehead atoms. The minimum Gasteiger partial charge on any atom is -0.481 e. The van der Waals surface area contributed by atoms with Gasteiger partial charge in [0.15, 0.2) is 0 Å². The molecule has 7 heteroatoms. The van der Waals surface area contributed by atoms with Crippen molar-refractivity contribution < 1.29 is 19.5 Å². The lowest BCUT2D eigenvalue weighted by Crippen LogP contribution is -2.40. The van der Waals surface area contributed by atoms with Crippen molar-refractivity contribution in [3.05, 3.63) is 0 Å². The Morgan fingerprint density at radius 1 is 1.15 bits per heavy atom. The highest BCUT2D eigenvalue weighted by Gasteiger charge is 2.12. The molecule has 20 heavy (non-hydrogen) atoms. The zero-order valence-electron chi connectivity index (χ0n) is 12.4. The first-order chi connectivity index (χ1) is 9.35. The summed E-state index contributed by atoms with van der Waals surface area (Å²) in [7, 11) is 0. The zero-order chi connectivity index (χ0) is 15.5. The van der Waals surface area contributed by atoms with Crippen molar-refractivity contribution >= 4 is 17.9 Å². The summed E-state index contributed by atoms with van der Waals surface area (Å²) < 4.78 is 0. The molecular formula is C13H25N3O4. The first-order valence-corrected chi connectivity index (χ1v) is 6.88. The molecule has 1 unspecified atom stereocenters. The Hall–Kier alpha value is -1.79. The number of rotatable bonds is 9. The topological polar surface area (TPSA) is 108 Å². The average Bonchev–Trinajstić information content (AvgIpc) is 2.33. The van der Waals surface area contributed by atoms with Crippen LogP contribution in [0, 0.1) is 5.92 Å². The summed E-state index contributed by atoms with van der Waals surface area (Å²) in [6.07, 6.45) is 0.939. The van der Waals surface area contributed by atoms with Crippen molar-refractivity contribution in [1.82, 2.24) is 16.0 Å². The van der Waals surface area contributed by atoms with E-state index in [9.17, 15) is 14.4 Å². The first kappa shape index (κ1) is 18.2. The highest BCUT2D eigenvalue weighted by molar-refractivity contribution is 5.78. The molecule has 3 amide bonds. The molecule has 0 aliphatic heterocycles. The molecule has 0 aromatic carbocycles. The summed E-state index contributed by atoms with van der Waals surface area (Å²) >= 11 is 0. The number of nitrogens with one attached hydrogen (secondary N) is 3. The van der Waals surface area contributed by atoms with E-state index in [1.165, 1.54) is 0 Å². The number of amides is 3. The second-order valence-electron chi connectivity index (χ2n) is 4.98. The highest BCUT2D eigenvalue weighted by Crippen LogP contribution is 2.06. The fourth-order valence-corrected chi connectivity index (χ4v) is 1.59. The lowest BCUT2D eigenvalue weighted by Gasteiger charge is -2.14. The van der Waals surface area contributed by atoms with Crippen molar-refractivity contribution in [1.29, 1.82) is 0 Å². The molecule has 0 saturated carbocycles. The lowest BCUT2D eigenvalue weighted by atomic mass is 10.0. The van der Waals surface area contributed by atoms with Gasteiger partial charge in [-0.3, -0.25) is 9.59 Å². The van der Waals surface area contributed by atoms with Gasteiger partial charge >= 0.3 is 12.0 Å². The lowest BCUT2D eigenvalue weighted by molar-refractivity contribution is -0.138. The smallest absolute Gasteiger partial charge is 0.314 e. The Balaban J connectivity index is 3.77. The fourth-order valence-electron chi connectivity index (χ4n) is 1.59. The molecule has 1 atom stereocenters. The van der Waals surface area contributed by atoms with Crippen LogP contribution in [0.15, 0.2) is 0 Å². The Morgan fingerprint density at radius 2 is 1.80 bits per heavy atom. The molecule has 0 saturated heterocycles. The Bertz CT molecular complexity index is 332. The van der Waals surface area contributed by atoms with Crippen LogP contribution in [0.25, 0.3) is 0 Å². The van der Waals surface area contributed by atoms with Crippen LogP contribution < -0.4 is 16.0 Å². The third kappa shape index (κ3) is 10.2. The SMILES string of the molecule is CCC(CNC(=O)NCCC(=O)NC(C)C)CC(=O)O. The van der Waals surface area contributed by atoms with Gasteiger partial charge in [0.2, 0.25) is 5.91 Å². The molecular weight excluding hydrogens is 262 g/mol. The van der Waals surface area contributed by atoms with Gasteiger partial charge in [0.1, 0.15) is 0 Å². The number of carboxylic acid groups (broad SMARTS) is 1. The van der Waals surface area contributed by atoms with Crippen molar-refractivity contribution in [3.63, 3.8) is 0 Å². The molecule has 0 aliphatic rings. The van der Waals surface area contributed by atoms with Gasteiger partial charge < -0.3 is 21.1 Å². The van der Waals surface area contributed by atoms with Gasteiger partial charge in [-0.2, -0.15) is 0 Å². The number of urea groups is 1. The van der Waals surface area contributed by atoms with Crippen molar-refractivity contribution in [2.75, 3.05) is 13.1 Å². The van der Waals surface area contributed by atoms with Crippen LogP contribution in [0.3, 0.4) is 0 Å². The van der Waals surface area contributed by atoms with E-state index in [1.807, 2.05) is 20.8 Å². The van der Waals surface area contributed by atoms with E-state index in [1.54, 1.807) is 0 Å². The fraction of sp³-hybridized carbons (Fsp3) is 0.769. The van der Waals surface area contributed by atoms with E-state index >= 15 is 0 Å². The molecule has 0 aromatic rings. The Labute approximate surface area is 119 Å². The van der Waals surface area contributed by atoms with Crippen LogP contribution in [0.4, 0.5) is 4.79 Å². The molecule has 4 N–H and O–H groups in total. The molecule has 0 rings (SSSR count). The standard InChI is InChI=1S/C13H25N3O4/c1-4-10(7-12(18)19)8-15-13(20)14-6-5-11(17)16-9(2)3/h9-10H,4-8H2,1-3H3,(H,16,17)(H,18,19)(H2,14,15,20). The quantitative estimate of drug-likeness (QED) is 0.500. The van der Waals surface area contributed by atoms with E-state index in [2.05, 4.69) is 16.0 Å². The second-order valence-corrected chi connectivity index (χ2v) is 4.98. The van der Waals surface area contributed by atoms with Gasteiger partial charge in [-0.15, -0.1) is 0 Å². The van der Waals surface area contributed by atoms with E-state index in [0.29, 0.717) is 13.0 Å². The summed E-state index contributed by atoms with van der Waals surface area (Å²) in [6.45, 7) is 6.17. The maximum atomic E-state index is 11.5. The predicted octanol–water partition coefficient (Wildman–Crippen LogP) is 0.701. The van der Waals surface area contributed by atoms with Crippen molar-refractivity contribution in [3.8, 4) is 0 Å². The van der Waals surface area contributed by atoms with Crippen LogP contribution in [0.1, 0.15) is 40.0 Å². The highest BCUT2D eigenvalue weighted by atomic mass is 16.4.